The van der Waals surface area contributed by atoms with E-state index in [-0.39, 0.29) is 18.3 Å². The van der Waals surface area contributed by atoms with E-state index in [0.717, 1.165) is 13.0 Å². The molecule has 0 bridgehead atoms. The van der Waals surface area contributed by atoms with Crippen molar-refractivity contribution in [3.63, 3.8) is 0 Å². The first-order chi connectivity index (χ1) is 7.84. The van der Waals surface area contributed by atoms with Gasteiger partial charge in [0, 0.05) is 12.8 Å². The van der Waals surface area contributed by atoms with Gasteiger partial charge in [-0.05, 0) is 18.6 Å². The van der Waals surface area contributed by atoms with E-state index in [9.17, 15) is 0 Å². The first-order valence-corrected chi connectivity index (χ1v) is 5.45. The van der Waals surface area contributed by atoms with E-state index < -0.39 is 0 Å². The van der Waals surface area contributed by atoms with Gasteiger partial charge in [-0.25, -0.2) is 4.98 Å². The maximum absolute atomic E-state index is 5.77. The Hall–Kier alpha value is -1.33. The number of anilines is 1. The molecule has 3 unspecified atom stereocenters. The molecule has 0 radical (unpaired) electrons. The van der Waals surface area contributed by atoms with E-state index in [4.69, 9.17) is 19.9 Å². The van der Waals surface area contributed by atoms with Crippen LogP contribution in [0.5, 0.6) is 5.88 Å². The number of nitrogens with zero attached hydrogens (tertiary/aromatic N) is 1. The van der Waals surface area contributed by atoms with Crippen molar-refractivity contribution in [1.29, 1.82) is 0 Å². The number of fused-ring (bicyclic) bond motifs is 1. The number of pyridine rings is 1. The van der Waals surface area contributed by atoms with Crippen LogP contribution in [-0.4, -0.2) is 36.5 Å². The number of nitrogen functional groups attached to an aromatic ring is 1. The zero-order chi connectivity index (χ0) is 11.0. The Morgan fingerprint density at radius 2 is 2.38 bits per heavy atom. The van der Waals surface area contributed by atoms with Gasteiger partial charge in [0.15, 0.2) is 6.10 Å². The van der Waals surface area contributed by atoms with E-state index >= 15 is 0 Å². The molecule has 0 aromatic carbocycles. The molecule has 3 heterocycles. The minimum atomic E-state index is -0.0929. The van der Waals surface area contributed by atoms with Gasteiger partial charge in [-0.3, -0.25) is 0 Å². The Balaban J connectivity index is 1.73. The van der Waals surface area contributed by atoms with Gasteiger partial charge in [-0.1, -0.05) is 0 Å². The standard InChI is InChI=1S/C11H14N2O3/c12-7-2-1-4-13-11(7)16-9-6-15-8-3-5-14-10(8)9/h1-2,4,8-10H,3,5-6,12H2. The summed E-state index contributed by atoms with van der Waals surface area (Å²) in [6.07, 6.45) is 2.72. The molecule has 3 rings (SSSR count). The zero-order valence-corrected chi connectivity index (χ0v) is 8.83. The lowest BCUT2D eigenvalue weighted by Crippen LogP contribution is -2.32. The third-order valence-electron chi connectivity index (χ3n) is 2.98. The van der Waals surface area contributed by atoms with E-state index in [2.05, 4.69) is 4.98 Å². The summed E-state index contributed by atoms with van der Waals surface area (Å²) in [5.41, 5.74) is 6.31. The largest absolute Gasteiger partial charge is 0.468 e. The lowest BCUT2D eigenvalue weighted by atomic mass is 10.1. The van der Waals surface area contributed by atoms with Crippen molar-refractivity contribution in [3.05, 3.63) is 18.3 Å². The van der Waals surface area contributed by atoms with Crippen molar-refractivity contribution in [3.8, 4) is 5.88 Å². The van der Waals surface area contributed by atoms with E-state index in [1.54, 1.807) is 18.3 Å². The van der Waals surface area contributed by atoms with Crippen LogP contribution in [0, 0.1) is 0 Å². The van der Waals surface area contributed by atoms with Crippen molar-refractivity contribution >= 4 is 5.69 Å². The van der Waals surface area contributed by atoms with Crippen molar-refractivity contribution < 1.29 is 14.2 Å². The monoisotopic (exact) mass is 222 g/mol. The molecule has 1 aromatic rings. The first kappa shape index (κ1) is 9.86. The summed E-state index contributed by atoms with van der Waals surface area (Å²) in [7, 11) is 0. The molecule has 0 aliphatic carbocycles. The minimum absolute atomic E-state index is 0.0291. The summed E-state index contributed by atoms with van der Waals surface area (Å²) in [6.45, 7) is 1.29. The minimum Gasteiger partial charge on any atom is -0.468 e. The molecule has 2 fully saturated rings. The van der Waals surface area contributed by atoms with Crippen LogP contribution in [0.4, 0.5) is 5.69 Å². The third-order valence-corrected chi connectivity index (χ3v) is 2.98. The maximum Gasteiger partial charge on any atom is 0.237 e. The Kier molecular flexibility index (Phi) is 2.41. The van der Waals surface area contributed by atoms with Crippen molar-refractivity contribution in [2.24, 2.45) is 0 Å². The van der Waals surface area contributed by atoms with Gasteiger partial charge < -0.3 is 19.9 Å². The fourth-order valence-electron chi connectivity index (χ4n) is 2.18. The fourth-order valence-corrected chi connectivity index (χ4v) is 2.18. The highest BCUT2D eigenvalue weighted by Crippen LogP contribution is 2.30. The van der Waals surface area contributed by atoms with Crippen LogP contribution < -0.4 is 10.5 Å². The van der Waals surface area contributed by atoms with Gasteiger partial charge in [0.05, 0.1) is 18.4 Å². The van der Waals surface area contributed by atoms with Gasteiger partial charge in [0.25, 0.3) is 0 Å². The Morgan fingerprint density at radius 3 is 3.25 bits per heavy atom. The average molecular weight is 222 g/mol. The van der Waals surface area contributed by atoms with Gasteiger partial charge >= 0.3 is 0 Å². The summed E-state index contributed by atoms with van der Waals surface area (Å²) in [5, 5.41) is 0. The molecule has 2 N–H and O–H groups in total. The highest BCUT2D eigenvalue weighted by atomic mass is 16.6. The number of rotatable bonds is 2. The molecule has 5 heteroatoms. The SMILES string of the molecule is Nc1cccnc1OC1COC2CCOC21. The highest BCUT2D eigenvalue weighted by molar-refractivity contribution is 5.47. The van der Waals surface area contributed by atoms with E-state index in [1.165, 1.54) is 0 Å². The molecular weight excluding hydrogens is 208 g/mol. The van der Waals surface area contributed by atoms with Crippen LogP contribution in [0.25, 0.3) is 0 Å². The normalized spacial score (nSPS) is 32.6. The van der Waals surface area contributed by atoms with E-state index in [1.807, 2.05) is 0 Å². The molecule has 3 atom stereocenters. The molecule has 2 aliphatic rings. The number of nitrogens with two attached hydrogens (primary N) is 1. The molecule has 1 aromatic heterocycles. The summed E-state index contributed by atoms with van der Waals surface area (Å²) < 4.78 is 16.9. The van der Waals surface area contributed by atoms with Crippen molar-refractivity contribution in [1.82, 2.24) is 4.98 Å². The lowest BCUT2D eigenvalue weighted by Gasteiger charge is -2.17. The van der Waals surface area contributed by atoms with Crippen molar-refractivity contribution in [2.75, 3.05) is 18.9 Å². The van der Waals surface area contributed by atoms with Crippen LogP contribution in [0.3, 0.4) is 0 Å². The van der Waals surface area contributed by atoms with E-state index in [0.29, 0.717) is 18.2 Å². The quantitative estimate of drug-likeness (QED) is 0.793. The summed E-state index contributed by atoms with van der Waals surface area (Å²) in [6, 6.07) is 3.55. The molecule has 0 amide bonds. The van der Waals surface area contributed by atoms with Gasteiger partial charge in [0.1, 0.15) is 6.10 Å². The molecule has 2 aliphatic heterocycles. The summed E-state index contributed by atoms with van der Waals surface area (Å²) in [5.74, 6) is 0.465. The lowest BCUT2D eigenvalue weighted by molar-refractivity contribution is 0.0293. The van der Waals surface area contributed by atoms with Crippen LogP contribution in [0.15, 0.2) is 18.3 Å². The smallest absolute Gasteiger partial charge is 0.237 e. The Labute approximate surface area is 93.5 Å². The van der Waals surface area contributed by atoms with Crippen LogP contribution in [0.1, 0.15) is 6.42 Å². The second-order valence-electron chi connectivity index (χ2n) is 4.05. The van der Waals surface area contributed by atoms with Crippen LogP contribution in [0.2, 0.25) is 0 Å². The fraction of sp³-hybridized carbons (Fsp3) is 0.545. The number of aromatic nitrogens is 1. The van der Waals surface area contributed by atoms with Crippen LogP contribution in [-0.2, 0) is 9.47 Å². The number of hydrogen-bond acceptors (Lipinski definition) is 5. The van der Waals surface area contributed by atoms with Crippen molar-refractivity contribution in [2.45, 2.75) is 24.7 Å². The summed E-state index contributed by atoms with van der Waals surface area (Å²) in [4.78, 5) is 4.10. The molecule has 16 heavy (non-hydrogen) atoms. The van der Waals surface area contributed by atoms with Gasteiger partial charge in [-0.15, -0.1) is 0 Å². The second kappa shape index (κ2) is 3.92. The van der Waals surface area contributed by atoms with Gasteiger partial charge in [0.2, 0.25) is 5.88 Å². The Morgan fingerprint density at radius 1 is 1.44 bits per heavy atom. The summed E-state index contributed by atoms with van der Waals surface area (Å²) >= 11 is 0. The average Bonchev–Trinajstić information content (AvgIpc) is 2.86. The Bertz CT molecular complexity index is 385. The predicted octanol–water partition coefficient (Wildman–Crippen LogP) is 0.599. The molecule has 5 nitrogen and oxygen atoms in total. The topological polar surface area (TPSA) is 66.6 Å². The molecular formula is C11H14N2O3. The molecule has 2 saturated heterocycles. The zero-order valence-electron chi connectivity index (χ0n) is 8.83. The van der Waals surface area contributed by atoms with Crippen LogP contribution >= 0.6 is 0 Å². The molecule has 0 spiro atoms. The maximum atomic E-state index is 5.77. The number of hydrogen-bond donors (Lipinski definition) is 1. The van der Waals surface area contributed by atoms with Gasteiger partial charge in [-0.2, -0.15) is 0 Å². The predicted molar refractivity (Wildman–Crippen MR) is 57.2 cm³/mol. The highest BCUT2D eigenvalue weighted by Gasteiger charge is 2.43. The first-order valence-electron chi connectivity index (χ1n) is 5.45. The second-order valence-corrected chi connectivity index (χ2v) is 4.05. The third kappa shape index (κ3) is 1.62. The number of ether oxygens (including phenoxy) is 3. The molecule has 86 valence electrons. The molecule has 0 saturated carbocycles.